The maximum atomic E-state index is 16.8. The monoisotopic (exact) mass is 693 g/mol. The van der Waals surface area contributed by atoms with Crippen LogP contribution in [0.4, 0.5) is 23.6 Å². The van der Waals surface area contributed by atoms with E-state index in [1.165, 1.54) is 12.1 Å². The molecular formula is C30H31ClF3N7O3S2. The van der Waals surface area contributed by atoms with E-state index in [0.29, 0.717) is 49.3 Å². The van der Waals surface area contributed by atoms with Gasteiger partial charge in [0.05, 0.1) is 20.8 Å². The first-order chi connectivity index (χ1) is 22.0. The predicted molar refractivity (Wildman–Crippen MR) is 171 cm³/mol. The lowest BCUT2D eigenvalue weighted by Gasteiger charge is -2.52. The van der Waals surface area contributed by atoms with Gasteiger partial charge in [-0.25, -0.2) is 13.8 Å². The van der Waals surface area contributed by atoms with Crippen molar-refractivity contribution in [3.05, 3.63) is 34.9 Å². The van der Waals surface area contributed by atoms with Crippen molar-refractivity contribution in [3.63, 3.8) is 0 Å². The first-order valence-electron chi connectivity index (χ1n) is 15.3. The summed E-state index contributed by atoms with van der Waals surface area (Å²) in [6.45, 7) is 3.67. The number of thiazole rings is 1. The molecule has 4 aliphatic rings. The number of benzene rings is 2. The van der Waals surface area contributed by atoms with Crippen LogP contribution in [0.3, 0.4) is 0 Å². The average Bonchev–Trinajstić information content (AvgIpc) is 3.70. The van der Waals surface area contributed by atoms with Gasteiger partial charge in [0, 0.05) is 48.1 Å². The summed E-state index contributed by atoms with van der Waals surface area (Å²) in [6, 6.07) is 4.33. The molecule has 2 aromatic carbocycles. The van der Waals surface area contributed by atoms with Gasteiger partial charge < -0.3 is 15.4 Å². The third-order valence-electron chi connectivity index (χ3n) is 10.4. The fourth-order valence-electron chi connectivity index (χ4n) is 7.93. The molecule has 0 atom stereocenters. The zero-order valence-electron chi connectivity index (χ0n) is 24.7. The molecule has 46 heavy (non-hydrogen) atoms. The second kappa shape index (κ2) is 10.8. The van der Waals surface area contributed by atoms with Crippen LogP contribution in [0.2, 0.25) is 5.02 Å². The third kappa shape index (κ3) is 4.88. The van der Waals surface area contributed by atoms with Crippen LogP contribution >= 0.6 is 22.9 Å². The van der Waals surface area contributed by atoms with Gasteiger partial charge in [0.2, 0.25) is 0 Å². The van der Waals surface area contributed by atoms with Gasteiger partial charge in [-0.3, -0.25) is 4.90 Å². The normalized spacial score (nSPS) is 21.3. The quantitative estimate of drug-likeness (QED) is 0.260. The molecule has 4 aromatic rings. The molecule has 2 aromatic heterocycles. The van der Waals surface area contributed by atoms with Crippen molar-refractivity contribution in [2.24, 2.45) is 5.41 Å². The molecule has 10 nitrogen and oxygen atoms in total. The second-order valence-electron chi connectivity index (χ2n) is 13.0. The van der Waals surface area contributed by atoms with Crippen LogP contribution in [0.1, 0.15) is 38.5 Å². The molecular weight excluding hydrogens is 663 g/mol. The topological polar surface area (TPSA) is 118 Å². The summed E-state index contributed by atoms with van der Waals surface area (Å²) in [7, 11) is -4.72. The largest absolute Gasteiger partial charge is 0.461 e. The number of aromatic nitrogens is 3. The van der Waals surface area contributed by atoms with Gasteiger partial charge in [-0.1, -0.05) is 26.8 Å². The number of piperidine rings is 1. The summed E-state index contributed by atoms with van der Waals surface area (Å²) in [6.07, 6.45) is 5.41. The molecule has 16 heteroatoms. The second-order valence-corrected chi connectivity index (χ2v) is 15.8. The van der Waals surface area contributed by atoms with E-state index in [1.807, 2.05) is 4.90 Å². The van der Waals surface area contributed by atoms with Gasteiger partial charge in [-0.2, -0.15) is 22.7 Å². The van der Waals surface area contributed by atoms with Gasteiger partial charge in [-0.15, -0.1) is 0 Å². The van der Waals surface area contributed by atoms with Crippen LogP contribution in [-0.2, 0) is 10.4 Å². The fraction of sp³-hybridized carbons (Fsp3) is 0.500. The number of nitrogen functional groups attached to an aromatic ring is 1. The van der Waals surface area contributed by atoms with E-state index in [-0.39, 0.29) is 61.5 Å². The van der Waals surface area contributed by atoms with Crippen LogP contribution < -0.4 is 15.4 Å². The summed E-state index contributed by atoms with van der Waals surface area (Å²) in [5, 5.41) is 0.604. The molecule has 0 radical (unpaired) electrons. The Balaban J connectivity index is 1.20. The molecule has 2 N–H and O–H groups in total. The van der Waals surface area contributed by atoms with Gasteiger partial charge in [0.25, 0.3) is 0 Å². The van der Waals surface area contributed by atoms with Gasteiger partial charge >= 0.3 is 16.4 Å². The van der Waals surface area contributed by atoms with Crippen molar-refractivity contribution in [3.8, 4) is 17.1 Å². The number of fused-ring (bicyclic) bond motifs is 3. The highest BCUT2D eigenvalue weighted by atomic mass is 35.5. The zero-order chi connectivity index (χ0) is 32.0. The van der Waals surface area contributed by atoms with E-state index in [0.717, 1.165) is 54.4 Å². The van der Waals surface area contributed by atoms with Crippen LogP contribution in [0.5, 0.6) is 6.01 Å². The molecule has 0 unspecified atom stereocenters. The minimum absolute atomic E-state index is 0.00547. The highest BCUT2D eigenvalue weighted by Crippen LogP contribution is 2.46. The Morgan fingerprint density at radius 2 is 1.72 bits per heavy atom. The smallest absolute Gasteiger partial charge is 0.374 e. The Morgan fingerprint density at radius 3 is 2.41 bits per heavy atom. The zero-order valence-corrected chi connectivity index (χ0v) is 27.1. The molecule has 0 aliphatic carbocycles. The molecule has 4 fully saturated rings. The Hall–Kier alpha value is -2.98. The van der Waals surface area contributed by atoms with Gasteiger partial charge in [0.15, 0.2) is 10.9 Å². The standard InChI is InChI=1S/C30H31ClF3N7O3S2/c31-19-13-18-23(22(33)21(19)17-3-4-20(32)25-24(17)36-27(35)45-25)37-28(44-16-30-5-1-9-40(30)10-2-6-30)38-26(18)39-11-7-29(8-12-39)14-41(15-29)46(34,42)43/h3-4,13H,1-2,5-12,14-16H2,(H2,35,36). The Kier molecular flexibility index (Phi) is 7.11. The minimum atomic E-state index is -4.72. The van der Waals surface area contributed by atoms with Gasteiger partial charge in [0.1, 0.15) is 23.8 Å². The Morgan fingerprint density at radius 1 is 1.00 bits per heavy atom. The van der Waals surface area contributed by atoms with Crippen molar-refractivity contribution < 1.29 is 25.8 Å². The summed E-state index contributed by atoms with van der Waals surface area (Å²) in [5.41, 5.74) is 6.03. The number of rotatable bonds is 6. The molecule has 244 valence electrons. The van der Waals surface area contributed by atoms with E-state index in [4.69, 9.17) is 27.1 Å². The van der Waals surface area contributed by atoms with E-state index < -0.39 is 22.0 Å². The maximum Gasteiger partial charge on any atom is 0.374 e. The van der Waals surface area contributed by atoms with Crippen molar-refractivity contribution in [2.75, 3.05) is 56.5 Å². The predicted octanol–water partition coefficient (Wildman–Crippen LogP) is 5.54. The van der Waals surface area contributed by atoms with Crippen molar-refractivity contribution in [1.29, 1.82) is 0 Å². The number of ether oxygens (including phenoxy) is 1. The summed E-state index contributed by atoms with van der Waals surface area (Å²) in [5.74, 6) is -0.779. The molecule has 0 amide bonds. The summed E-state index contributed by atoms with van der Waals surface area (Å²) in [4.78, 5) is 18.1. The number of nitrogens with zero attached hydrogens (tertiary/aromatic N) is 6. The minimum Gasteiger partial charge on any atom is -0.461 e. The van der Waals surface area contributed by atoms with E-state index in [2.05, 4.69) is 14.9 Å². The van der Waals surface area contributed by atoms with Gasteiger partial charge in [-0.05, 0) is 69.8 Å². The Bertz CT molecular complexity index is 1990. The Labute approximate surface area is 272 Å². The lowest BCUT2D eigenvalue weighted by molar-refractivity contribution is 0.0400. The molecule has 0 bridgehead atoms. The first kappa shape index (κ1) is 30.4. The lowest BCUT2D eigenvalue weighted by atomic mass is 9.73. The average molecular weight is 694 g/mol. The molecule has 4 saturated heterocycles. The SMILES string of the molecule is Nc1nc2c(-c3c(Cl)cc4c(N5CCC6(CC5)CN(S(=O)(=O)F)C6)nc(OCC56CCCN5CCC6)nc4c3F)ccc(F)c2s1. The summed E-state index contributed by atoms with van der Waals surface area (Å²) < 4.78 is 75.0. The number of halogens is 4. The first-order valence-corrected chi connectivity index (χ1v) is 17.9. The van der Waals surface area contributed by atoms with Crippen molar-refractivity contribution >= 4 is 65.4 Å². The molecule has 1 spiro atoms. The summed E-state index contributed by atoms with van der Waals surface area (Å²) >= 11 is 7.76. The molecule has 0 saturated carbocycles. The highest BCUT2D eigenvalue weighted by molar-refractivity contribution is 7.84. The number of hydrogen-bond acceptors (Lipinski definition) is 10. The van der Waals surface area contributed by atoms with E-state index >= 15 is 4.39 Å². The van der Waals surface area contributed by atoms with Crippen molar-refractivity contribution in [2.45, 2.75) is 44.1 Å². The van der Waals surface area contributed by atoms with Crippen LogP contribution in [0, 0.1) is 17.0 Å². The lowest BCUT2D eigenvalue weighted by Crippen LogP contribution is -2.61. The van der Waals surface area contributed by atoms with E-state index in [9.17, 15) is 16.7 Å². The fourth-order valence-corrected chi connectivity index (χ4v) is 9.85. The highest BCUT2D eigenvalue weighted by Gasteiger charge is 2.50. The third-order valence-corrected chi connectivity index (χ3v) is 12.4. The molecule has 4 aliphatic heterocycles. The maximum absolute atomic E-state index is 16.8. The van der Waals surface area contributed by atoms with Crippen LogP contribution in [0.15, 0.2) is 18.2 Å². The van der Waals surface area contributed by atoms with Crippen molar-refractivity contribution in [1.82, 2.24) is 24.2 Å². The van der Waals surface area contributed by atoms with Crippen LogP contribution in [0.25, 0.3) is 32.2 Å². The number of hydrogen-bond donors (Lipinski definition) is 1. The number of anilines is 2. The van der Waals surface area contributed by atoms with E-state index in [1.54, 1.807) is 6.07 Å². The molecule has 6 heterocycles. The molecule has 8 rings (SSSR count). The number of nitrogens with two attached hydrogens (primary N) is 1. The van der Waals surface area contributed by atoms with Crippen LogP contribution in [-0.4, -0.2) is 84.0 Å².